The number of esters is 1. The Labute approximate surface area is 125 Å². The first kappa shape index (κ1) is 15.0. The summed E-state index contributed by atoms with van der Waals surface area (Å²) >= 11 is 0.984. The van der Waals surface area contributed by atoms with Gasteiger partial charge in [0.1, 0.15) is 0 Å². The van der Waals surface area contributed by atoms with E-state index in [0.717, 1.165) is 11.3 Å². The number of benzene rings is 1. The number of nitrogens with zero attached hydrogens (tertiary/aromatic N) is 2. The molecule has 0 saturated heterocycles. The molecule has 0 bridgehead atoms. The van der Waals surface area contributed by atoms with Crippen molar-refractivity contribution in [3.05, 3.63) is 23.2 Å². The predicted molar refractivity (Wildman–Crippen MR) is 75.5 cm³/mol. The molecule has 7 nitrogen and oxygen atoms in total. The van der Waals surface area contributed by atoms with Crippen molar-refractivity contribution in [2.75, 3.05) is 20.8 Å². The molecule has 0 fully saturated rings. The van der Waals surface area contributed by atoms with Crippen molar-refractivity contribution in [3.8, 4) is 22.4 Å². The second-order valence-electron chi connectivity index (χ2n) is 3.69. The van der Waals surface area contributed by atoms with Crippen molar-refractivity contribution < 1.29 is 23.7 Å². The number of carbonyl (C=O) groups excluding carboxylic acids is 1. The van der Waals surface area contributed by atoms with Gasteiger partial charge in [-0.2, -0.15) is 0 Å². The Morgan fingerprint density at radius 1 is 1.19 bits per heavy atom. The first-order chi connectivity index (χ1) is 10.2. The van der Waals surface area contributed by atoms with Crippen molar-refractivity contribution in [3.63, 3.8) is 0 Å². The molecule has 0 spiro atoms. The normalized spacial score (nSPS) is 10.0. The number of para-hydroxylation sites is 1. The number of ether oxygens (including phenoxy) is 4. The van der Waals surface area contributed by atoms with Crippen molar-refractivity contribution in [2.24, 2.45) is 0 Å². The molecule has 21 heavy (non-hydrogen) atoms. The van der Waals surface area contributed by atoms with Crippen molar-refractivity contribution in [1.82, 2.24) is 10.2 Å². The van der Waals surface area contributed by atoms with Crippen LogP contribution in [0.3, 0.4) is 0 Å². The maximum atomic E-state index is 11.5. The molecule has 1 aromatic heterocycles. The summed E-state index contributed by atoms with van der Waals surface area (Å²) in [6.07, 6.45) is 0. The molecule has 0 radical (unpaired) electrons. The van der Waals surface area contributed by atoms with E-state index in [1.54, 1.807) is 25.1 Å². The third kappa shape index (κ3) is 3.40. The Hall–Kier alpha value is -2.35. The van der Waals surface area contributed by atoms with Crippen molar-refractivity contribution in [2.45, 2.75) is 6.92 Å². The van der Waals surface area contributed by atoms with Gasteiger partial charge in [0.2, 0.25) is 10.8 Å². The van der Waals surface area contributed by atoms with Crippen LogP contribution >= 0.6 is 11.3 Å². The van der Waals surface area contributed by atoms with Crippen LogP contribution in [0.15, 0.2) is 18.2 Å². The molecule has 0 aliphatic carbocycles. The van der Waals surface area contributed by atoms with E-state index in [9.17, 15) is 4.79 Å². The molecule has 1 heterocycles. The highest BCUT2D eigenvalue weighted by atomic mass is 32.1. The highest BCUT2D eigenvalue weighted by Gasteiger charge is 2.18. The summed E-state index contributed by atoms with van der Waals surface area (Å²) in [6, 6.07) is 5.23. The SMILES string of the molecule is CCOC(=O)c1nnc(Oc2c(OC)cccc2OC)s1. The number of carbonyl (C=O) groups is 1. The summed E-state index contributed by atoms with van der Waals surface area (Å²) in [5.74, 6) is 0.815. The second-order valence-corrected chi connectivity index (χ2v) is 4.63. The quantitative estimate of drug-likeness (QED) is 0.758. The smallest absolute Gasteiger partial charge is 0.369 e. The van der Waals surface area contributed by atoms with E-state index >= 15 is 0 Å². The lowest BCUT2D eigenvalue weighted by Gasteiger charge is -2.11. The molecule has 0 atom stereocenters. The zero-order valence-electron chi connectivity index (χ0n) is 11.8. The number of hydrogen-bond donors (Lipinski definition) is 0. The van der Waals surface area contributed by atoms with Gasteiger partial charge < -0.3 is 18.9 Å². The average Bonchev–Trinajstić information content (AvgIpc) is 2.96. The van der Waals surface area contributed by atoms with Crippen LogP contribution in [0.25, 0.3) is 0 Å². The van der Waals surface area contributed by atoms with Crippen LogP contribution in [0.1, 0.15) is 16.7 Å². The van der Waals surface area contributed by atoms with Crippen LogP contribution in [-0.4, -0.2) is 37.0 Å². The lowest BCUT2D eigenvalue weighted by molar-refractivity contribution is 0.0525. The zero-order chi connectivity index (χ0) is 15.2. The second kappa shape index (κ2) is 6.89. The topological polar surface area (TPSA) is 79.8 Å². The minimum absolute atomic E-state index is 0.126. The third-order valence-corrected chi connectivity index (χ3v) is 3.21. The van der Waals surface area contributed by atoms with Crippen LogP contribution in [0.2, 0.25) is 0 Å². The molecule has 0 aliphatic heterocycles. The van der Waals surface area contributed by atoms with Crippen LogP contribution in [0.5, 0.6) is 22.4 Å². The molecular weight excluding hydrogens is 296 g/mol. The molecule has 0 amide bonds. The molecule has 1 aromatic carbocycles. The minimum Gasteiger partial charge on any atom is -0.493 e. The molecule has 8 heteroatoms. The van der Waals surface area contributed by atoms with Gasteiger partial charge in [-0.05, 0) is 30.4 Å². The number of hydrogen-bond acceptors (Lipinski definition) is 8. The number of aromatic nitrogens is 2. The van der Waals surface area contributed by atoms with Gasteiger partial charge in [-0.1, -0.05) is 11.2 Å². The van der Waals surface area contributed by atoms with Crippen molar-refractivity contribution >= 4 is 17.3 Å². The molecule has 2 rings (SSSR count). The fraction of sp³-hybridized carbons (Fsp3) is 0.308. The highest BCUT2D eigenvalue weighted by molar-refractivity contribution is 7.14. The Balaban J connectivity index is 2.24. The van der Waals surface area contributed by atoms with Crippen molar-refractivity contribution in [1.29, 1.82) is 0 Å². The maximum absolute atomic E-state index is 11.5. The van der Waals surface area contributed by atoms with Gasteiger partial charge in [-0.3, -0.25) is 0 Å². The molecule has 0 saturated carbocycles. The average molecular weight is 310 g/mol. The van der Waals surface area contributed by atoms with E-state index < -0.39 is 5.97 Å². The van der Waals surface area contributed by atoms with E-state index in [1.165, 1.54) is 14.2 Å². The van der Waals surface area contributed by atoms with Crippen LogP contribution in [-0.2, 0) is 4.74 Å². The maximum Gasteiger partial charge on any atom is 0.369 e. The number of rotatable bonds is 6. The van der Waals surface area contributed by atoms with Gasteiger partial charge in [0.05, 0.1) is 20.8 Å². The molecule has 0 N–H and O–H groups in total. The van der Waals surface area contributed by atoms with E-state index in [1.807, 2.05) is 0 Å². The number of methoxy groups -OCH3 is 2. The van der Waals surface area contributed by atoms with Gasteiger partial charge in [-0.15, -0.1) is 5.10 Å². The standard InChI is InChI=1S/C13H14N2O5S/c1-4-19-12(16)11-14-15-13(21-11)20-10-8(17-2)6-5-7-9(10)18-3/h5-7H,4H2,1-3H3. The highest BCUT2D eigenvalue weighted by Crippen LogP contribution is 2.40. The van der Waals surface area contributed by atoms with Crippen LogP contribution in [0, 0.1) is 0 Å². The first-order valence-corrected chi connectivity index (χ1v) is 6.90. The fourth-order valence-corrected chi connectivity index (χ4v) is 2.13. The lowest BCUT2D eigenvalue weighted by atomic mass is 10.3. The van der Waals surface area contributed by atoms with Gasteiger partial charge in [-0.25, -0.2) is 4.79 Å². The first-order valence-electron chi connectivity index (χ1n) is 6.09. The van der Waals surface area contributed by atoms with Gasteiger partial charge >= 0.3 is 5.97 Å². The van der Waals surface area contributed by atoms with E-state index in [0.29, 0.717) is 17.2 Å². The predicted octanol–water partition coefficient (Wildman–Crippen LogP) is 2.52. The van der Waals surface area contributed by atoms with E-state index in [2.05, 4.69) is 10.2 Å². The van der Waals surface area contributed by atoms with Crippen LogP contribution < -0.4 is 14.2 Å². The Kier molecular flexibility index (Phi) is 4.94. The summed E-state index contributed by atoms with van der Waals surface area (Å²) in [5, 5.41) is 7.85. The third-order valence-electron chi connectivity index (χ3n) is 2.43. The van der Waals surface area contributed by atoms with Gasteiger partial charge in [0.25, 0.3) is 5.19 Å². The summed E-state index contributed by atoms with van der Waals surface area (Å²) in [5.41, 5.74) is 0. The Morgan fingerprint density at radius 3 is 2.43 bits per heavy atom. The minimum atomic E-state index is -0.531. The largest absolute Gasteiger partial charge is 0.493 e. The monoisotopic (exact) mass is 310 g/mol. The van der Waals surface area contributed by atoms with Crippen LogP contribution in [0.4, 0.5) is 0 Å². The fourth-order valence-electron chi connectivity index (χ4n) is 1.53. The molecule has 112 valence electrons. The molecule has 0 aliphatic rings. The summed E-state index contributed by atoms with van der Waals surface area (Å²) in [4.78, 5) is 11.5. The van der Waals surface area contributed by atoms with E-state index in [-0.39, 0.29) is 16.8 Å². The van der Waals surface area contributed by atoms with Gasteiger partial charge in [0.15, 0.2) is 11.5 Å². The molecular formula is C13H14N2O5S. The summed E-state index contributed by atoms with van der Waals surface area (Å²) < 4.78 is 20.9. The zero-order valence-corrected chi connectivity index (χ0v) is 12.6. The summed E-state index contributed by atoms with van der Waals surface area (Å²) in [6.45, 7) is 1.99. The van der Waals surface area contributed by atoms with Gasteiger partial charge in [0, 0.05) is 0 Å². The Morgan fingerprint density at radius 2 is 1.86 bits per heavy atom. The Bertz CT molecular complexity index is 607. The molecule has 2 aromatic rings. The lowest BCUT2D eigenvalue weighted by Crippen LogP contribution is -2.03. The molecule has 0 unspecified atom stereocenters. The van der Waals surface area contributed by atoms with E-state index in [4.69, 9.17) is 18.9 Å². The summed E-state index contributed by atoms with van der Waals surface area (Å²) in [7, 11) is 3.04.